The van der Waals surface area contributed by atoms with Gasteiger partial charge in [0.2, 0.25) is 0 Å². The van der Waals surface area contributed by atoms with Crippen molar-refractivity contribution in [2.45, 2.75) is 24.6 Å². The van der Waals surface area contributed by atoms with E-state index < -0.39 is 11.9 Å². The number of hydrogen-bond acceptors (Lipinski definition) is 4. The first kappa shape index (κ1) is 11.8. The minimum absolute atomic E-state index is 0.159. The number of carboxylic acids is 1. The third-order valence-corrected chi connectivity index (χ3v) is 4.64. The lowest BCUT2D eigenvalue weighted by Crippen LogP contribution is -2.27. The lowest BCUT2D eigenvalue weighted by Gasteiger charge is -2.19. The molecular weight excluding hydrogens is 248 g/mol. The highest BCUT2D eigenvalue weighted by atomic mass is 32.2. The van der Waals surface area contributed by atoms with Crippen LogP contribution in [0.3, 0.4) is 0 Å². The number of thioether (sulfide) groups is 1. The lowest BCUT2D eigenvalue weighted by atomic mass is 9.93. The monoisotopic (exact) mass is 264 g/mol. The summed E-state index contributed by atoms with van der Waals surface area (Å²) in [7, 11) is 0. The highest BCUT2D eigenvalue weighted by Crippen LogP contribution is 2.33. The highest BCUT2D eigenvalue weighted by Gasteiger charge is 2.35. The van der Waals surface area contributed by atoms with Gasteiger partial charge in [-0.05, 0) is 12.0 Å². The standard InChI is InChI=1S/C13H16N2O2S/c1-8-6-15-7-11(14-13(15)18-8)9-3-2-4-10(5-9)12(16)17/h2,4-5,8,10-11H,3,6-7H2,1H3,(H,16,17). The lowest BCUT2D eigenvalue weighted by molar-refractivity contribution is -0.138. The summed E-state index contributed by atoms with van der Waals surface area (Å²) in [5, 5.41) is 10.8. The summed E-state index contributed by atoms with van der Waals surface area (Å²) in [5.74, 6) is -1.26. The molecule has 5 heteroatoms. The van der Waals surface area contributed by atoms with Crippen LogP contribution in [-0.2, 0) is 4.79 Å². The van der Waals surface area contributed by atoms with Gasteiger partial charge in [-0.3, -0.25) is 9.79 Å². The molecule has 1 aliphatic carbocycles. The topological polar surface area (TPSA) is 52.9 Å². The van der Waals surface area contributed by atoms with Crippen LogP contribution in [-0.4, -0.2) is 45.5 Å². The van der Waals surface area contributed by atoms with E-state index in [4.69, 9.17) is 10.1 Å². The molecule has 2 heterocycles. The van der Waals surface area contributed by atoms with Crippen molar-refractivity contribution in [1.29, 1.82) is 0 Å². The van der Waals surface area contributed by atoms with Crippen LogP contribution >= 0.6 is 11.8 Å². The maximum atomic E-state index is 11.0. The van der Waals surface area contributed by atoms with Crippen LogP contribution in [0.15, 0.2) is 28.8 Å². The van der Waals surface area contributed by atoms with Crippen molar-refractivity contribution in [2.24, 2.45) is 10.9 Å². The third-order valence-electron chi connectivity index (χ3n) is 3.52. The van der Waals surface area contributed by atoms with Gasteiger partial charge in [-0.1, -0.05) is 36.9 Å². The molecule has 0 aromatic rings. The van der Waals surface area contributed by atoms with Gasteiger partial charge in [0, 0.05) is 18.3 Å². The van der Waals surface area contributed by atoms with Crippen molar-refractivity contribution in [2.75, 3.05) is 13.1 Å². The predicted molar refractivity (Wildman–Crippen MR) is 72.8 cm³/mol. The molecule has 3 atom stereocenters. The molecule has 3 unspecified atom stereocenters. The van der Waals surface area contributed by atoms with Crippen LogP contribution in [0.4, 0.5) is 0 Å². The van der Waals surface area contributed by atoms with E-state index in [2.05, 4.69) is 11.8 Å². The molecule has 0 bridgehead atoms. The highest BCUT2D eigenvalue weighted by molar-refractivity contribution is 8.14. The first-order chi connectivity index (χ1) is 8.63. The Hall–Kier alpha value is -1.23. The number of fused-ring (bicyclic) bond motifs is 1. The smallest absolute Gasteiger partial charge is 0.314 e. The van der Waals surface area contributed by atoms with Gasteiger partial charge < -0.3 is 10.0 Å². The second-order valence-corrected chi connectivity index (χ2v) is 6.40. The molecule has 3 aliphatic rings. The fraction of sp³-hybridized carbons (Fsp3) is 0.538. The summed E-state index contributed by atoms with van der Waals surface area (Å²) in [6.45, 7) is 4.19. The Morgan fingerprint density at radius 2 is 2.39 bits per heavy atom. The van der Waals surface area contributed by atoms with E-state index >= 15 is 0 Å². The van der Waals surface area contributed by atoms with Crippen molar-refractivity contribution in [1.82, 2.24) is 4.90 Å². The summed E-state index contributed by atoms with van der Waals surface area (Å²) in [6.07, 6.45) is 6.41. The number of rotatable bonds is 2. The SMILES string of the molecule is CC1CN2CC(C3=CC(C(=O)O)C=CC3)N=C2S1. The summed E-state index contributed by atoms with van der Waals surface area (Å²) < 4.78 is 0. The summed E-state index contributed by atoms with van der Waals surface area (Å²) in [5.41, 5.74) is 1.15. The molecular formula is C13H16N2O2S. The number of aliphatic carboxylic acids is 1. The average Bonchev–Trinajstić information content (AvgIpc) is 2.86. The van der Waals surface area contributed by atoms with Crippen molar-refractivity contribution in [3.63, 3.8) is 0 Å². The van der Waals surface area contributed by atoms with E-state index in [1.54, 1.807) is 6.08 Å². The molecule has 96 valence electrons. The normalized spacial score (nSPS) is 34.3. The molecule has 18 heavy (non-hydrogen) atoms. The van der Waals surface area contributed by atoms with Gasteiger partial charge in [-0.2, -0.15) is 0 Å². The molecule has 0 saturated carbocycles. The minimum Gasteiger partial charge on any atom is -0.481 e. The van der Waals surface area contributed by atoms with Gasteiger partial charge >= 0.3 is 5.97 Å². The first-order valence-electron chi connectivity index (χ1n) is 6.23. The van der Waals surface area contributed by atoms with Crippen LogP contribution in [0.2, 0.25) is 0 Å². The number of amidine groups is 1. The van der Waals surface area contributed by atoms with Crippen LogP contribution in [0, 0.1) is 5.92 Å². The molecule has 2 aliphatic heterocycles. The van der Waals surface area contributed by atoms with E-state index in [0.29, 0.717) is 5.25 Å². The average molecular weight is 264 g/mol. The molecule has 0 spiro atoms. The van der Waals surface area contributed by atoms with Crippen LogP contribution in [0.1, 0.15) is 13.3 Å². The van der Waals surface area contributed by atoms with Crippen LogP contribution in [0.5, 0.6) is 0 Å². The Morgan fingerprint density at radius 1 is 1.56 bits per heavy atom. The number of aliphatic imine (C=N–C) groups is 1. The van der Waals surface area contributed by atoms with E-state index in [0.717, 1.165) is 30.3 Å². The quantitative estimate of drug-likeness (QED) is 0.772. The van der Waals surface area contributed by atoms with Crippen molar-refractivity contribution in [3.8, 4) is 0 Å². The number of nitrogens with zero attached hydrogens (tertiary/aromatic N) is 2. The third kappa shape index (κ3) is 2.07. The number of carboxylic acid groups (broad SMARTS) is 1. The summed E-state index contributed by atoms with van der Waals surface area (Å²) >= 11 is 1.83. The Bertz CT molecular complexity index is 470. The zero-order chi connectivity index (χ0) is 12.7. The number of carbonyl (C=O) groups is 1. The van der Waals surface area contributed by atoms with Gasteiger partial charge in [-0.25, -0.2) is 0 Å². The van der Waals surface area contributed by atoms with E-state index in [1.165, 1.54) is 0 Å². The number of hydrogen-bond donors (Lipinski definition) is 1. The fourth-order valence-corrected chi connectivity index (χ4v) is 3.73. The number of allylic oxidation sites excluding steroid dienone is 1. The van der Waals surface area contributed by atoms with E-state index in [9.17, 15) is 4.79 Å². The molecule has 0 radical (unpaired) electrons. The molecule has 0 amide bonds. The summed E-state index contributed by atoms with van der Waals surface area (Å²) in [6, 6.07) is 0.159. The van der Waals surface area contributed by atoms with Crippen LogP contribution < -0.4 is 0 Å². The Morgan fingerprint density at radius 3 is 3.11 bits per heavy atom. The second-order valence-electron chi connectivity index (χ2n) is 5.00. The van der Waals surface area contributed by atoms with Crippen molar-refractivity contribution < 1.29 is 9.90 Å². The Kier molecular flexibility index (Phi) is 2.93. The summed E-state index contributed by atoms with van der Waals surface area (Å²) in [4.78, 5) is 18.1. The Labute approximate surface area is 110 Å². The maximum Gasteiger partial charge on any atom is 0.314 e. The predicted octanol–water partition coefficient (Wildman–Crippen LogP) is 1.75. The molecule has 4 nitrogen and oxygen atoms in total. The Balaban J connectivity index is 1.76. The molecule has 1 fully saturated rings. The zero-order valence-electron chi connectivity index (χ0n) is 10.2. The van der Waals surface area contributed by atoms with Gasteiger partial charge in [0.1, 0.15) is 0 Å². The molecule has 0 aromatic heterocycles. The van der Waals surface area contributed by atoms with Crippen LogP contribution in [0.25, 0.3) is 0 Å². The van der Waals surface area contributed by atoms with Gasteiger partial charge in [0.25, 0.3) is 0 Å². The molecule has 1 N–H and O–H groups in total. The van der Waals surface area contributed by atoms with Gasteiger partial charge in [-0.15, -0.1) is 0 Å². The molecule has 3 rings (SSSR count). The molecule has 1 saturated heterocycles. The zero-order valence-corrected chi connectivity index (χ0v) is 11.1. The molecule has 0 aromatic carbocycles. The fourth-order valence-electron chi connectivity index (χ4n) is 2.63. The van der Waals surface area contributed by atoms with E-state index in [1.807, 2.05) is 23.9 Å². The van der Waals surface area contributed by atoms with Crippen molar-refractivity contribution >= 4 is 22.9 Å². The van der Waals surface area contributed by atoms with Crippen molar-refractivity contribution in [3.05, 3.63) is 23.8 Å². The van der Waals surface area contributed by atoms with Gasteiger partial charge in [0.05, 0.1) is 12.0 Å². The first-order valence-corrected chi connectivity index (χ1v) is 7.11. The second kappa shape index (κ2) is 4.46. The minimum atomic E-state index is -0.780. The largest absolute Gasteiger partial charge is 0.481 e. The van der Waals surface area contributed by atoms with Gasteiger partial charge in [0.15, 0.2) is 5.17 Å². The van der Waals surface area contributed by atoms with E-state index in [-0.39, 0.29) is 6.04 Å². The maximum absolute atomic E-state index is 11.0.